The maximum absolute atomic E-state index is 11.9. The summed E-state index contributed by atoms with van der Waals surface area (Å²) < 4.78 is 1.94. The molecule has 0 bridgehead atoms. The van der Waals surface area contributed by atoms with Gasteiger partial charge in [0.2, 0.25) is 0 Å². The molecule has 0 atom stereocenters. The van der Waals surface area contributed by atoms with Gasteiger partial charge in [0.1, 0.15) is 0 Å². The van der Waals surface area contributed by atoms with Crippen LogP contribution in [0.4, 0.5) is 0 Å². The maximum atomic E-state index is 11.9. The van der Waals surface area contributed by atoms with E-state index >= 15 is 0 Å². The van der Waals surface area contributed by atoms with Crippen LogP contribution in [0.2, 0.25) is 0 Å². The van der Waals surface area contributed by atoms with Gasteiger partial charge in [-0.25, -0.2) is 0 Å². The van der Waals surface area contributed by atoms with Gasteiger partial charge in [-0.1, -0.05) is 18.2 Å². The Balaban J connectivity index is 1.90. The summed E-state index contributed by atoms with van der Waals surface area (Å²) in [5.41, 5.74) is 4.11. The Morgan fingerprint density at radius 2 is 1.89 bits per heavy atom. The van der Waals surface area contributed by atoms with Gasteiger partial charge in [-0.2, -0.15) is 5.10 Å². The number of aryl methyl sites for hydroxylation is 1. The molecule has 2 rings (SSSR count). The van der Waals surface area contributed by atoms with E-state index in [9.17, 15) is 4.79 Å². The maximum Gasteiger partial charge on any atom is 0.251 e. The fourth-order valence-electron chi connectivity index (χ4n) is 1.97. The van der Waals surface area contributed by atoms with Crippen LogP contribution in [0.1, 0.15) is 27.3 Å². The lowest BCUT2D eigenvalue weighted by molar-refractivity contribution is 0.0952. The molecule has 1 N–H and O–H groups in total. The van der Waals surface area contributed by atoms with Crippen molar-refractivity contribution in [3.05, 3.63) is 52.8 Å². The molecule has 19 heavy (non-hydrogen) atoms. The van der Waals surface area contributed by atoms with Gasteiger partial charge in [0.05, 0.1) is 12.2 Å². The smallest absolute Gasteiger partial charge is 0.251 e. The monoisotopic (exact) mass is 257 g/mol. The van der Waals surface area contributed by atoms with Crippen LogP contribution in [-0.2, 0) is 6.54 Å². The fraction of sp³-hybridized carbons (Fsp3) is 0.333. The Labute approximate surface area is 113 Å². The number of benzene rings is 1. The first kappa shape index (κ1) is 13.3. The van der Waals surface area contributed by atoms with Crippen LogP contribution in [0.25, 0.3) is 0 Å². The Bertz CT molecular complexity index is 573. The van der Waals surface area contributed by atoms with E-state index in [1.165, 1.54) is 5.56 Å². The number of carbonyl (C=O) groups is 1. The molecule has 0 aliphatic heterocycles. The third kappa shape index (κ3) is 3.02. The normalized spacial score (nSPS) is 10.5. The highest BCUT2D eigenvalue weighted by Gasteiger charge is 2.08. The second kappa shape index (κ2) is 5.69. The quantitative estimate of drug-likeness (QED) is 0.913. The van der Waals surface area contributed by atoms with Crippen LogP contribution in [0.3, 0.4) is 0 Å². The van der Waals surface area contributed by atoms with Crippen LogP contribution in [0.15, 0.2) is 30.3 Å². The first-order valence-corrected chi connectivity index (χ1v) is 6.43. The van der Waals surface area contributed by atoms with E-state index in [1.54, 1.807) is 0 Å². The summed E-state index contributed by atoms with van der Waals surface area (Å²) in [5.74, 6) is -0.0427. The number of nitrogens with one attached hydrogen (secondary N) is 1. The average molecular weight is 257 g/mol. The van der Waals surface area contributed by atoms with Crippen molar-refractivity contribution in [2.24, 2.45) is 0 Å². The number of carbonyl (C=O) groups excluding carboxylic acids is 1. The lowest BCUT2D eigenvalue weighted by Crippen LogP contribution is -2.27. The molecule has 0 aliphatic rings. The van der Waals surface area contributed by atoms with E-state index < -0.39 is 0 Å². The molecule has 1 heterocycles. The van der Waals surface area contributed by atoms with Gasteiger partial charge in [0.15, 0.2) is 0 Å². The van der Waals surface area contributed by atoms with Crippen LogP contribution in [0.5, 0.6) is 0 Å². The second-order valence-corrected chi connectivity index (χ2v) is 4.64. The van der Waals surface area contributed by atoms with Crippen LogP contribution < -0.4 is 5.32 Å². The largest absolute Gasteiger partial charge is 0.350 e. The highest BCUT2D eigenvalue weighted by atomic mass is 16.1. The molecule has 0 fully saturated rings. The molecule has 0 saturated carbocycles. The highest BCUT2D eigenvalue weighted by Crippen LogP contribution is 2.10. The predicted molar refractivity (Wildman–Crippen MR) is 75.2 cm³/mol. The Kier molecular flexibility index (Phi) is 4.00. The third-order valence-electron chi connectivity index (χ3n) is 3.39. The summed E-state index contributed by atoms with van der Waals surface area (Å²) in [6, 6.07) is 9.24. The minimum atomic E-state index is -0.0427. The molecule has 0 aliphatic carbocycles. The van der Waals surface area contributed by atoms with Crippen molar-refractivity contribution in [1.29, 1.82) is 0 Å². The van der Waals surface area contributed by atoms with E-state index in [2.05, 4.69) is 17.3 Å². The summed E-state index contributed by atoms with van der Waals surface area (Å²) in [6.45, 7) is 7.39. The summed E-state index contributed by atoms with van der Waals surface area (Å²) >= 11 is 0. The van der Waals surface area contributed by atoms with Crippen molar-refractivity contribution in [1.82, 2.24) is 15.1 Å². The van der Waals surface area contributed by atoms with Crippen LogP contribution >= 0.6 is 0 Å². The summed E-state index contributed by atoms with van der Waals surface area (Å²) in [6.07, 6.45) is 0. The van der Waals surface area contributed by atoms with Crippen molar-refractivity contribution >= 4 is 5.91 Å². The first-order chi connectivity index (χ1) is 9.09. The van der Waals surface area contributed by atoms with Crippen molar-refractivity contribution < 1.29 is 4.79 Å². The first-order valence-electron chi connectivity index (χ1n) is 6.43. The number of amides is 1. The van der Waals surface area contributed by atoms with E-state index in [1.807, 2.05) is 48.9 Å². The minimum Gasteiger partial charge on any atom is -0.350 e. The number of hydrogen-bond donors (Lipinski definition) is 1. The molecular weight excluding hydrogens is 238 g/mol. The fourth-order valence-corrected chi connectivity index (χ4v) is 1.97. The molecule has 2 aromatic rings. The van der Waals surface area contributed by atoms with Gasteiger partial charge >= 0.3 is 0 Å². The zero-order chi connectivity index (χ0) is 13.8. The van der Waals surface area contributed by atoms with Gasteiger partial charge in [-0.05, 0) is 38.5 Å². The molecule has 1 aromatic heterocycles. The van der Waals surface area contributed by atoms with Gasteiger partial charge in [-0.15, -0.1) is 0 Å². The standard InChI is InChI=1S/C15H19N3O/c1-11-12(2)17-18(13(11)3)10-9-16-15(19)14-7-5-4-6-8-14/h4-8H,9-10H2,1-3H3,(H,16,19). The Morgan fingerprint density at radius 1 is 1.21 bits per heavy atom. The molecule has 0 radical (unpaired) electrons. The molecule has 4 heteroatoms. The number of rotatable bonds is 4. The lowest BCUT2D eigenvalue weighted by Gasteiger charge is -2.07. The van der Waals surface area contributed by atoms with E-state index in [4.69, 9.17) is 0 Å². The van der Waals surface area contributed by atoms with Crippen molar-refractivity contribution in [3.8, 4) is 0 Å². The van der Waals surface area contributed by atoms with Gasteiger partial charge in [0, 0.05) is 17.8 Å². The van der Waals surface area contributed by atoms with Crippen molar-refractivity contribution in [3.63, 3.8) is 0 Å². The molecule has 0 unspecified atom stereocenters. The van der Waals surface area contributed by atoms with Crippen LogP contribution in [0, 0.1) is 20.8 Å². The number of hydrogen-bond acceptors (Lipinski definition) is 2. The molecule has 0 saturated heterocycles. The van der Waals surface area contributed by atoms with Crippen LogP contribution in [-0.4, -0.2) is 22.2 Å². The molecular formula is C15H19N3O. The average Bonchev–Trinajstić information content (AvgIpc) is 2.67. The zero-order valence-electron chi connectivity index (χ0n) is 11.6. The summed E-state index contributed by atoms with van der Waals surface area (Å²) in [7, 11) is 0. The third-order valence-corrected chi connectivity index (χ3v) is 3.39. The van der Waals surface area contributed by atoms with E-state index in [0.717, 1.165) is 11.4 Å². The molecule has 4 nitrogen and oxygen atoms in total. The van der Waals surface area contributed by atoms with Crippen molar-refractivity contribution in [2.45, 2.75) is 27.3 Å². The van der Waals surface area contributed by atoms with Crippen molar-refractivity contribution in [2.75, 3.05) is 6.54 Å². The van der Waals surface area contributed by atoms with Gasteiger partial charge in [-0.3, -0.25) is 9.48 Å². The Morgan fingerprint density at radius 3 is 2.47 bits per heavy atom. The molecule has 1 aromatic carbocycles. The summed E-state index contributed by atoms with van der Waals surface area (Å²) in [5, 5.41) is 7.35. The van der Waals surface area contributed by atoms with Gasteiger partial charge < -0.3 is 5.32 Å². The molecule has 1 amide bonds. The lowest BCUT2D eigenvalue weighted by atomic mass is 10.2. The Hall–Kier alpha value is -2.10. The second-order valence-electron chi connectivity index (χ2n) is 4.64. The van der Waals surface area contributed by atoms with Gasteiger partial charge in [0.25, 0.3) is 5.91 Å². The van der Waals surface area contributed by atoms with E-state index in [0.29, 0.717) is 18.7 Å². The zero-order valence-corrected chi connectivity index (χ0v) is 11.6. The summed E-state index contributed by atoms with van der Waals surface area (Å²) in [4.78, 5) is 11.9. The number of nitrogens with zero attached hydrogens (tertiary/aromatic N) is 2. The molecule has 100 valence electrons. The molecule has 0 spiro atoms. The minimum absolute atomic E-state index is 0.0427. The highest BCUT2D eigenvalue weighted by molar-refractivity contribution is 5.94. The SMILES string of the molecule is Cc1nn(CCNC(=O)c2ccccc2)c(C)c1C. The van der Waals surface area contributed by atoms with E-state index in [-0.39, 0.29) is 5.91 Å². The number of aromatic nitrogens is 2. The topological polar surface area (TPSA) is 46.9 Å². The predicted octanol–water partition coefficient (Wildman–Crippen LogP) is 2.24.